The van der Waals surface area contributed by atoms with Crippen LogP contribution in [0.2, 0.25) is 0 Å². The average Bonchev–Trinajstić information content (AvgIpc) is 2.41. The molecule has 0 aliphatic heterocycles. The highest BCUT2D eigenvalue weighted by Gasteiger charge is 2.64. The molecule has 2 heteroatoms. The van der Waals surface area contributed by atoms with Crippen LogP contribution in [0.25, 0.3) is 0 Å². The van der Waals surface area contributed by atoms with E-state index >= 15 is 0 Å². The summed E-state index contributed by atoms with van der Waals surface area (Å²) in [6.07, 6.45) is 5.94. The lowest BCUT2D eigenvalue weighted by Crippen LogP contribution is -2.54. The van der Waals surface area contributed by atoms with Crippen LogP contribution in [0.15, 0.2) is 0 Å². The molecular weight excluding hydrogens is 212 g/mol. The van der Waals surface area contributed by atoms with E-state index in [-0.39, 0.29) is 28.5 Å². The van der Waals surface area contributed by atoms with Gasteiger partial charge in [-0.2, -0.15) is 0 Å². The second kappa shape index (κ2) is 3.27. The zero-order valence-corrected chi connectivity index (χ0v) is 11.4. The van der Waals surface area contributed by atoms with Crippen LogP contribution in [-0.4, -0.2) is 22.4 Å². The van der Waals surface area contributed by atoms with Crippen LogP contribution in [0.4, 0.5) is 0 Å². The molecule has 3 fully saturated rings. The quantitative estimate of drug-likeness (QED) is 0.681. The number of fused-ring (bicyclic) bond motifs is 1. The van der Waals surface area contributed by atoms with Crippen molar-refractivity contribution in [2.75, 3.05) is 0 Å². The van der Waals surface area contributed by atoms with Gasteiger partial charge in [0, 0.05) is 5.41 Å². The summed E-state index contributed by atoms with van der Waals surface area (Å²) in [5, 5.41) is 20.8. The van der Waals surface area contributed by atoms with E-state index in [9.17, 15) is 10.2 Å². The highest BCUT2D eigenvalue weighted by molar-refractivity contribution is 5.14. The third-order valence-electron chi connectivity index (χ3n) is 6.45. The Morgan fingerprint density at radius 3 is 2.35 bits per heavy atom. The Balaban J connectivity index is 2.00. The van der Waals surface area contributed by atoms with Crippen LogP contribution in [-0.2, 0) is 0 Å². The SMILES string of the molecule is CC1(C)C[C@H](O)[C@]23CC[C@@H](O)[C@](C)(CC[C@@H]12)C3. The fraction of sp³-hybridized carbons (Fsp3) is 1.00. The molecule has 0 aromatic rings. The number of hydrogen-bond donors (Lipinski definition) is 2. The average molecular weight is 238 g/mol. The van der Waals surface area contributed by atoms with E-state index in [1.165, 1.54) is 6.42 Å². The van der Waals surface area contributed by atoms with E-state index < -0.39 is 0 Å². The molecule has 0 unspecified atom stereocenters. The molecule has 1 spiro atoms. The first-order chi connectivity index (χ1) is 7.80. The summed E-state index contributed by atoms with van der Waals surface area (Å²) in [7, 11) is 0. The molecule has 0 aromatic carbocycles. The van der Waals surface area contributed by atoms with E-state index in [1.807, 2.05) is 0 Å². The standard InChI is InChI=1S/C15H26O2/c1-13(2)8-12(17)15-7-5-11(16)14(3,9-15)6-4-10(13)15/h10-12,16-17H,4-9H2,1-3H3/t10-,11+,12-,14+,15-/m0/s1. The molecule has 0 saturated heterocycles. The van der Waals surface area contributed by atoms with Crippen molar-refractivity contribution in [2.24, 2.45) is 22.2 Å². The fourth-order valence-corrected chi connectivity index (χ4v) is 5.56. The molecule has 3 saturated carbocycles. The molecule has 2 nitrogen and oxygen atoms in total. The maximum atomic E-state index is 10.6. The minimum atomic E-state index is -0.148. The first kappa shape index (κ1) is 12.0. The summed E-state index contributed by atoms with van der Waals surface area (Å²) in [5.41, 5.74) is 0.467. The largest absolute Gasteiger partial charge is 0.393 e. The Morgan fingerprint density at radius 1 is 0.941 bits per heavy atom. The summed E-state index contributed by atoms with van der Waals surface area (Å²) in [6.45, 7) is 6.87. The van der Waals surface area contributed by atoms with Crippen LogP contribution < -0.4 is 0 Å². The number of rotatable bonds is 0. The van der Waals surface area contributed by atoms with Gasteiger partial charge in [-0.15, -0.1) is 0 Å². The smallest absolute Gasteiger partial charge is 0.0604 e. The summed E-state index contributed by atoms with van der Waals surface area (Å²) in [4.78, 5) is 0. The van der Waals surface area contributed by atoms with Gasteiger partial charge in [-0.25, -0.2) is 0 Å². The van der Waals surface area contributed by atoms with E-state index in [0.717, 1.165) is 32.1 Å². The van der Waals surface area contributed by atoms with Crippen molar-refractivity contribution in [2.45, 2.75) is 71.5 Å². The van der Waals surface area contributed by atoms with Gasteiger partial charge >= 0.3 is 0 Å². The molecule has 3 aliphatic carbocycles. The van der Waals surface area contributed by atoms with Gasteiger partial charge < -0.3 is 10.2 Å². The normalized spacial score (nSPS) is 56.6. The van der Waals surface area contributed by atoms with Gasteiger partial charge in [-0.1, -0.05) is 20.8 Å². The molecule has 0 heterocycles. The van der Waals surface area contributed by atoms with Crippen LogP contribution in [0.3, 0.4) is 0 Å². The fourth-order valence-electron chi connectivity index (χ4n) is 5.56. The Morgan fingerprint density at radius 2 is 1.65 bits per heavy atom. The predicted octanol–water partition coefficient (Wildman–Crippen LogP) is 2.72. The predicted molar refractivity (Wildman–Crippen MR) is 67.5 cm³/mol. The van der Waals surface area contributed by atoms with Crippen LogP contribution >= 0.6 is 0 Å². The van der Waals surface area contributed by atoms with E-state index in [1.54, 1.807) is 0 Å². The van der Waals surface area contributed by atoms with Crippen molar-refractivity contribution < 1.29 is 10.2 Å². The van der Waals surface area contributed by atoms with Gasteiger partial charge in [0.2, 0.25) is 0 Å². The second-order valence-electron chi connectivity index (χ2n) is 7.92. The summed E-state index contributed by atoms with van der Waals surface area (Å²) >= 11 is 0. The first-order valence-corrected chi connectivity index (χ1v) is 7.16. The van der Waals surface area contributed by atoms with Gasteiger partial charge in [0.1, 0.15) is 0 Å². The zero-order chi connectivity index (χ0) is 12.5. The van der Waals surface area contributed by atoms with Gasteiger partial charge in [-0.3, -0.25) is 0 Å². The topological polar surface area (TPSA) is 40.5 Å². The van der Waals surface area contributed by atoms with Crippen molar-refractivity contribution in [3.05, 3.63) is 0 Å². The van der Waals surface area contributed by atoms with Gasteiger partial charge in [0.15, 0.2) is 0 Å². The molecule has 0 radical (unpaired) electrons. The third kappa shape index (κ3) is 1.40. The highest BCUT2D eigenvalue weighted by atomic mass is 16.3. The zero-order valence-electron chi connectivity index (χ0n) is 11.4. The van der Waals surface area contributed by atoms with Gasteiger partial charge in [0.05, 0.1) is 12.2 Å². The lowest BCUT2D eigenvalue weighted by Gasteiger charge is -2.57. The maximum Gasteiger partial charge on any atom is 0.0604 e. The molecule has 3 rings (SSSR count). The Bertz CT molecular complexity index is 338. The van der Waals surface area contributed by atoms with Crippen molar-refractivity contribution >= 4 is 0 Å². The molecule has 0 aromatic heterocycles. The monoisotopic (exact) mass is 238 g/mol. The minimum absolute atomic E-state index is 0.0656. The minimum Gasteiger partial charge on any atom is -0.393 e. The first-order valence-electron chi connectivity index (χ1n) is 7.16. The Hall–Kier alpha value is -0.0800. The molecule has 98 valence electrons. The Kier molecular flexibility index (Phi) is 2.30. The van der Waals surface area contributed by atoms with E-state index in [4.69, 9.17) is 0 Å². The lowest BCUT2D eigenvalue weighted by molar-refractivity contribution is -0.144. The van der Waals surface area contributed by atoms with Crippen LogP contribution in [0, 0.1) is 22.2 Å². The molecule has 17 heavy (non-hydrogen) atoms. The number of hydrogen-bond acceptors (Lipinski definition) is 2. The number of aliphatic hydroxyl groups excluding tert-OH is 2. The highest BCUT2D eigenvalue weighted by Crippen LogP contribution is 2.68. The van der Waals surface area contributed by atoms with Crippen molar-refractivity contribution in [3.63, 3.8) is 0 Å². The summed E-state index contributed by atoms with van der Waals surface area (Å²) in [5.74, 6) is 0.658. The molecule has 2 bridgehead atoms. The Labute approximate surface area is 104 Å². The number of aliphatic hydroxyl groups is 2. The second-order valence-corrected chi connectivity index (χ2v) is 7.92. The summed E-state index contributed by atoms with van der Waals surface area (Å²) in [6, 6.07) is 0. The molecule has 5 atom stereocenters. The van der Waals surface area contributed by atoms with Crippen molar-refractivity contribution in [3.8, 4) is 0 Å². The van der Waals surface area contributed by atoms with Crippen LogP contribution in [0.5, 0.6) is 0 Å². The van der Waals surface area contributed by atoms with E-state index in [2.05, 4.69) is 20.8 Å². The molecule has 2 N–H and O–H groups in total. The van der Waals surface area contributed by atoms with E-state index in [0.29, 0.717) is 5.92 Å². The third-order valence-corrected chi connectivity index (χ3v) is 6.45. The van der Waals surface area contributed by atoms with Crippen molar-refractivity contribution in [1.82, 2.24) is 0 Å². The lowest BCUT2D eigenvalue weighted by atomic mass is 9.49. The van der Waals surface area contributed by atoms with Gasteiger partial charge in [0.25, 0.3) is 0 Å². The maximum absolute atomic E-state index is 10.6. The van der Waals surface area contributed by atoms with Gasteiger partial charge in [-0.05, 0) is 55.3 Å². The molecular formula is C15H26O2. The molecule has 3 aliphatic rings. The molecule has 0 amide bonds. The van der Waals surface area contributed by atoms with Crippen LogP contribution in [0.1, 0.15) is 59.3 Å². The summed E-state index contributed by atoms with van der Waals surface area (Å²) < 4.78 is 0. The van der Waals surface area contributed by atoms with Crippen molar-refractivity contribution in [1.29, 1.82) is 0 Å².